The molecule has 0 aliphatic carbocycles. The number of H-pyrrole nitrogens is 1. The number of aromatic nitrogens is 1. The smallest absolute Gasteiger partial charge is 0.322 e. The number of amides is 6. The molecule has 0 fully saturated rings. The van der Waals surface area contributed by atoms with Crippen LogP contribution in [0.2, 0.25) is 0 Å². The van der Waals surface area contributed by atoms with Gasteiger partial charge in [-0.05, 0) is 79.0 Å². The van der Waals surface area contributed by atoms with Gasteiger partial charge in [-0.2, -0.15) is 0 Å². The lowest BCUT2D eigenvalue weighted by Crippen LogP contribution is -2.61. The summed E-state index contributed by atoms with van der Waals surface area (Å²) in [6.45, 7) is 6.39. The molecule has 65 heavy (non-hydrogen) atoms. The topological polar surface area (TPSA) is 300 Å². The van der Waals surface area contributed by atoms with Crippen LogP contribution >= 0.6 is 0 Å². The summed E-state index contributed by atoms with van der Waals surface area (Å²) >= 11 is 0. The molecule has 0 radical (unpaired) electrons. The highest BCUT2D eigenvalue weighted by Gasteiger charge is 2.35. The average Bonchev–Trinajstić information content (AvgIpc) is 3.68. The first-order chi connectivity index (χ1) is 31.0. The summed E-state index contributed by atoms with van der Waals surface area (Å²) in [6.07, 6.45) is 2.88. The average molecular weight is 898 g/mol. The molecular formula is C47H63N9O9. The Morgan fingerprint density at radius 1 is 0.600 bits per heavy atom. The lowest BCUT2D eigenvalue weighted by molar-refractivity contribution is -0.139. The lowest BCUT2D eigenvalue weighted by atomic mass is 9.98. The van der Waals surface area contributed by atoms with E-state index in [0.29, 0.717) is 30.5 Å². The van der Waals surface area contributed by atoms with E-state index in [-0.39, 0.29) is 31.4 Å². The molecule has 0 saturated carbocycles. The van der Waals surface area contributed by atoms with Gasteiger partial charge in [-0.3, -0.25) is 33.6 Å². The van der Waals surface area contributed by atoms with Crippen LogP contribution in [0.25, 0.3) is 10.9 Å². The number of carboxylic acids is 1. The Bertz CT molecular complexity index is 2230. The molecule has 1 heterocycles. The second kappa shape index (κ2) is 24.9. The highest BCUT2D eigenvalue weighted by atomic mass is 16.4. The van der Waals surface area contributed by atoms with Gasteiger partial charge in [-0.15, -0.1) is 0 Å². The zero-order valence-electron chi connectivity index (χ0n) is 37.3. The number of aromatic amines is 1. The number of unbranched alkanes of at least 4 members (excludes halogenated alkanes) is 1. The second-order valence-electron chi connectivity index (χ2n) is 16.8. The monoisotopic (exact) mass is 897 g/mol. The zero-order valence-corrected chi connectivity index (χ0v) is 37.3. The summed E-state index contributed by atoms with van der Waals surface area (Å²) in [5, 5.41) is 35.8. The number of para-hydroxylation sites is 1. The third-order valence-corrected chi connectivity index (χ3v) is 10.9. The minimum Gasteiger partial charge on any atom is -0.508 e. The van der Waals surface area contributed by atoms with E-state index in [4.69, 9.17) is 16.6 Å². The molecular weight excluding hydrogens is 835 g/mol. The number of nitrogens with two attached hydrogens (primary N) is 2. The van der Waals surface area contributed by atoms with Crippen molar-refractivity contribution in [3.05, 3.63) is 102 Å². The Kier molecular flexibility index (Phi) is 19.5. The van der Waals surface area contributed by atoms with Gasteiger partial charge in [0.2, 0.25) is 35.4 Å². The fraction of sp³-hybridized carbons (Fsp3) is 0.426. The van der Waals surface area contributed by atoms with Gasteiger partial charge < -0.3 is 58.6 Å². The Morgan fingerprint density at radius 2 is 1.14 bits per heavy atom. The van der Waals surface area contributed by atoms with E-state index >= 15 is 0 Å². The van der Waals surface area contributed by atoms with E-state index in [0.717, 1.165) is 16.5 Å². The van der Waals surface area contributed by atoms with Crippen molar-refractivity contribution in [2.45, 2.75) is 102 Å². The molecule has 4 aromatic rings. The van der Waals surface area contributed by atoms with E-state index in [1.165, 1.54) is 12.1 Å². The summed E-state index contributed by atoms with van der Waals surface area (Å²) in [5.41, 5.74) is 15.0. The van der Waals surface area contributed by atoms with Crippen molar-refractivity contribution < 1.29 is 43.8 Å². The van der Waals surface area contributed by atoms with Gasteiger partial charge in [0.1, 0.15) is 42.5 Å². The van der Waals surface area contributed by atoms with Crippen molar-refractivity contribution in [1.29, 1.82) is 0 Å². The zero-order chi connectivity index (χ0) is 47.6. The standard InChI is InChI=1S/C47H63N9O9/c1-27(2)40(46(64)51-26-39(58)59)56-47(65)41(28(3)4)55-43(61)36(16-10-11-21-48)52-45(63)38(24-31-25-50-35-15-9-8-14-33(31)35)54-44(62)37(23-30-17-19-32(57)20-18-30)53-42(60)34(49)22-29-12-6-5-7-13-29/h5-9,12-15,17-20,25,27-28,34,36-38,40-41,50,57H,10-11,16,21-24,26,48-49H2,1-4H3,(H,51,64)(H,52,63)(H,53,60)(H,54,62)(H,55,61)(H,56,65)(H,58,59)/t34-,36-,37-,38+,40-,41-/m0/s1. The molecule has 4 rings (SSSR count). The maximum Gasteiger partial charge on any atom is 0.322 e. The number of nitrogens with one attached hydrogen (secondary N) is 7. The number of fused-ring (bicyclic) bond motifs is 1. The SMILES string of the molecule is CC(C)[C@H](NC(=O)[C@H](CCCCN)NC(=O)[C@@H](Cc1c[nH]c2ccccc12)NC(=O)[C@H](Cc1ccc(O)cc1)NC(=O)[C@@H](N)Cc1ccccc1)C(=O)N[C@H](C(=O)NCC(=O)O)C(C)C. The molecule has 18 heteroatoms. The van der Waals surface area contributed by atoms with Crippen molar-refractivity contribution in [2.75, 3.05) is 13.1 Å². The van der Waals surface area contributed by atoms with Crippen LogP contribution in [0, 0.1) is 11.8 Å². The quantitative estimate of drug-likeness (QED) is 0.0422. The number of phenolic OH excluding ortho intramolecular Hbond substituents is 1. The lowest BCUT2D eigenvalue weighted by Gasteiger charge is -2.29. The predicted octanol–water partition coefficient (Wildman–Crippen LogP) is 1.29. The maximum atomic E-state index is 14.6. The van der Waals surface area contributed by atoms with Gasteiger partial charge >= 0.3 is 5.97 Å². The van der Waals surface area contributed by atoms with Crippen LogP contribution in [0.5, 0.6) is 5.75 Å². The van der Waals surface area contributed by atoms with E-state index in [1.54, 1.807) is 46.0 Å². The molecule has 0 aliphatic heterocycles. The minimum atomic E-state index is -1.30. The van der Waals surface area contributed by atoms with E-state index < -0.39 is 96.0 Å². The molecule has 3 aromatic carbocycles. The summed E-state index contributed by atoms with van der Waals surface area (Å²) in [7, 11) is 0. The van der Waals surface area contributed by atoms with Crippen LogP contribution in [0.15, 0.2) is 85.1 Å². The van der Waals surface area contributed by atoms with Crippen LogP contribution in [0.4, 0.5) is 0 Å². The van der Waals surface area contributed by atoms with E-state index in [2.05, 4.69) is 36.9 Å². The summed E-state index contributed by atoms with van der Waals surface area (Å²) < 4.78 is 0. The fourth-order valence-electron chi connectivity index (χ4n) is 7.19. The first-order valence-corrected chi connectivity index (χ1v) is 21.8. The minimum absolute atomic E-state index is 0.00432. The van der Waals surface area contributed by atoms with Crippen LogP contribution in [-0.4, -0.2) is 106 Å². The summed E-state index contributed by atoms with van der Waals surface area (Å²) in [5.74, 6) is -6.35. The number of hydrogen-bond donors (Lipinski definition) is 11. The third kappa shape index (κ3) is 15.8. The van der Waals surface area contributed by atoms with Gasteiger partial charge in [0.25, 0.3) is 0 Å². The number of aliphatic carboxylic acids is 1. The fourth-order valence-corrected chi connectivity index (χ4v) is 7.19. The number of carbonyl (C=O) groups is 7. The number of carboxylic acid groups (broad SMARTS) is 1. The highest BCUT2D eigenvalue weighted by Crippen LogP contribution is 2.20. The molecule has 0 spiro atoms. The molecule has 0 saturated heterocycles. The largest absolute Gasteiger partial charge is 0.508 e. The molecule has 350 valence electrons. The van der Waals surface area contributed by atoms with Crippen molar-refractivity contribution >= 4 is 52.3 Å². The molecule has 0 unspecified atom stereocenters. The van der Waals surface area contributed by atoms with Gasteiger partial charge in [0.05, 0.1) is 6.04 Å². The van der Waals surface area contributed by atoms with E-state index in [1.807, 2.05) is 54.6 Å². The molecule has 13 N–H and O–H groups in total. The Morgan fingerprint density at radius 3 is 1.77 bits per heavy atom. The first-order valence-electron chi connectivity index (χ1n) is 21.8. The molecule has 0 bridgehead atoms. The van der Waals surface area contributed by atoms with Gasteiger partial charge in [0, 0.05) is 29.9 Å². The van der Waals surface area contributed by atoms with E-state index in [9.17, 15) is 38.7 Å². The Labute approximate surface area is 378 Å². The van der Waals surface area contributed by atoms with Crippen LogP contribution in [0.1, 0.15) is 63.6 Å². The number of phenols is 1. The number of benzene rings is 3. The maximum absolute atomic E-state index is 14.6. The van der Waals surface area contributed by atoms with Crippen LogP contribution in [0.3, 0.4) is 0 Å². The van der Waals surface area contributed by atoms with Crippen molar-refractivity contribution in [2.24, 2.45) is 23.3 Å². The Hall–Kier alpha value is -6.79. The number of rotatable bonds is 25. The third-order valence-electron chi connectivity index (χ3n) is 10.9. The number of aromatic hydroxyl groups is 1. The molecule has 18 nitrogen and oxygen atoms in total. The molecule has 1 aromatic heterocycles. The number of carbonyl (C=O) groups excluding carboxylic acids is 6. The van der Waals surface area contributed by atoms with Crippen LogP contribution in [-0.2, 0) is 52.8 Å². The molecule has 6 amide bonds. The highest BCUT2D eigenvalue weighted by molar-refractivity contribution is 5.97. The second-order valence-corrected chi connectivity index (χ2v) is 16.8. The number of hydrogen-bond acceptors (Lipinski definition) is 10. The van der Waals surface area contributed by atoms with Gasteiger partial charge in [0.15, 0.2) is 0 Å². The summed E-state index contributed by atoms with van der Waals surface area (Å²) in [6, 6.07) is 15.6. The molecule has 6 atom stereocenters. The van der Waals surface area contributed by atoms with Crippen molar-refractivity contribution in [3.8, 4) is 5.75 Å². The van der Waals surface area contributed by atoms with Gasteiger partial charge in [-0.25, -0.2) is 0 Å². The van der Waals surface area contributed by atoms with Crippen molar-refractivity contribution in [3.63, 3.8) is 0 Å². The van der Waals surface area contributed by atoms with Crippen LogP contribution < -0.4 is 43.4 Å². The predicted molar refractivity (Wildman–Crippen MR) is 245 cm³/mol. The van der Waals surface area contributed by atoms with Crippen molar-refractivity contribution in [1.82, 2.24) is 36.9 Å². The Balaban J connectivity index is 1.63. The van der Waals surface area contributed by atoms with Gasteiger partial charge in [-0.1, -0.05) is 88.4 Å². The normalized spacial score (nSPS) is 14.0. The first kappa shape index (κ1) is 50.9. The molecule has 0 aliphatic rings. The summed E-state index contributed by atoms with van der Waals surface area (Å²) in [4.78, 5) is 97.5.